The summed E-state index contributed by atoms with van der Waals surface area (Å²) >= 11 is 0. The second kappa shape index (κ2) is 10.0. The maximum absolute atomic E-state index is 13.5. The highest BCUT2D eigenvalue weighted by atomic mass is 32.2. The van der Waals surface area contributed by atoms with Crippen LogP contribution in [0.5, 0.6) is 0 Å². The molecule has 4 rings (SSSR count). The molecule has 10 heteroatoms. The largest absolute Gasteiger partial charge is 0.324 e. The zero-order valence-electron chi connectivity index (χ0n) is 18.4. The molecule has 34 heavy (non-hydrogen) atoms. The van der Waals surface area contributed by atoms with Crippen LogP contribution in [0.4, 0.5) is 10.5 Å². The highest BCUT2D eigenvalue weighted by molar-refractivity contribution is 7.91. The summed E-state index contributed by atoms with van der Waals surface area (Å²) in [6, 6.07) is 17.9. The molecule has 0 aliphatic carbocycles. The summed E-state index contributed by atoms with van der Waals surface area (Å²) in [7, 11) is -3.12. The van der Waals surface area contributed by atoms with E-state index in [2.05, 4.69) is 10.4 Å². The van der Waals surface area contributed by atoms with Crippen LogP contribution in [0.3, 0.4) is 0 Å². The lowest BCUT2D eigenvalue weighted by molar-refractivity contribution is 0.0953. The number of nitrogens with two attached hydrogens (primary N) is 1. The minimum Gasteiger partial charge on any atom is -0.322 e. The molecule has 2 heterocycles. The normalized spacial score (nSPS) is 14.9. The van der Waals surface area contributed by atoms with Crippen LogP contribution in [0, 0.1) is 0 Å². The maximum Gasteiger partial charge on any atom is 0.324 e. The van der Waals surface area contributed by atoms with E-state index < -0.39 is 15.7 Å². The minimum atomic E-state index is -3.12. The van der Waals surface area contributed by atoms with Crippen LogP contribution < -0.4 is 16.2 Å². The number of aromatic nitrogens is 1. The molecule has 0 spiro atoms. The van der Waals surface area contributed by atoms with Crippen molar-refractivity contribution in [2.75, 3.05) is 29.5 Å². The molecule has 3 aromatic rings. The van der Waals surface area contributed by atoms with Crippen LogP contribution in [-0.4, -0.2) is 54.8 Å². The van der Waals surface area contributed by atoms with Gasteiger partial charge in [-0.05, 0) is 41.5 Å². The number of pyridine rings is 1. The number of rotatable bonds is 5. The number of anilines is 1. The molecule has 3 amide bonds. The first-order valence-electron chi connectivity index (χ1n) is 10.7. The highest BCUT2D eigenvalue weighted by Gasteiger charge is 2.29. The van der Waals surface area contributed by atoms with Gasteiger partial charge in [0.1, 0.15) is 0 Å². The molecule has 1 aliphatic rings. The third kappa shape index (κ3) is 5.41. The Kier molecular flexibility index (Phi) is 6.90. The Bertz CT molecular complexity index is 1270. The molecule has 2 aromatic carbocycles. The Hall–Kier alpha value is -3.76. The van der Waals surface area contributed by atoms with E-state index in [0.717, 1.165) is 16.7 Å². The van der Waals surface area contributed by atoms with Gasteiger partial charge in [0.05, 0.1) is 18.1 Å². The summed E-state index contributed by atoms with van der Waals surface area (Å²) < 4.78 is 23.7. The van der Waals surface area contributed by atoms with E-state index >= 15 is 0 Å². The molecule has 0 unspecified atom stereocenters. The molecule has 1 aliphatic heterocycles. The quantitative estimate of drug-likeness (QED) is 0.328. The lowest BCUT2D eigenvalue weighted by Gasteiger charge is -2.33. The SMILES string of the molecule is NNC(=O)c1ccc(CN(C(=O)N2CCS(=O)(=O)CC2)c2cccc(-c3cccnc3)c2)cc1. The lowest BCUT2D eigenvalue weighted by atomic mass is 10.1. The predicted molar refractivity (Wildman–Crippen MR) is 130 cm³/mol. The van der Waals surface area contributed by atoms with Gasteiger partial charge in [-0.1, -0.05) is 30.3 Å². The number of hydrazine groups is 1. The van der Waals surface area contributed by atoms with Crippen molar-refractivity contribution in [2.24, 2.45) is 5.84 Å². The molecule has 1 fully saturated rings. The van der Waals surface area contributed by atoms with Gasteiger partial charge in [-0.15, -0.1) is 0 Å². The van der Waals surface area contributed by atoms with Gasteiger partial charge in [-0.2, -0.15) is 0 Å². The Morgan fingerprint density at radius 3 is 2.35 bits per heavy atom. The lowest BCUT2D eigenvalue weighted by Crippen LogP contribution is -2.49. The molecule has 1 aromatic heterocycles. The molecular formula is C24H25N5O4S. The number of nitrogen functional groups attached to an aromatic ring is 1. The van der Waals surface area contributed by atoms with Gasteiger partial charge in [0.25, 0.3) is 5.91 Å². The number of nitrogens with one attached hydrogen (secondary N) is 1. The zero-order chi connectivity index (χ0) is 24.1. The monoisotopic (exact) mass is 479 g/mol. The van der Waals surface area contributed by atoms with Crippen molar-refractivity contribution < 1.29 is 18.0 Å². The summed E-state index contributed by atoms with van der Waals surface area (Å²) in [6.07, 6.45) is 3.45. The standard InChI is InChI=1S/C24H25N5O4S/c25-27-23(30)19-8-6-18(7-9-19)17-29(24(31)28-11-13-34(32,33)14-12-28)22-5-1-3-20(15-22)21-4-2-10-26-16-21/h1-10,15-16H,11-14,17,25H2,(H,27,30). The Labute approximate surface area is 198 Å². The van der Waals surface area contributed by atoms with E-state index in [9.17, 15) is 18.0 Å². The smallest absolute Gasteiger partial charge is 0.322 e. The minimum absolute atomic E-state index is 0.0504. The van der Waals surface area contributed by atoms with Crippen molar-refractivity contribution >= 4 is 27.5 Å². The second-order valence-corrected chi connectivity index (χ2v) is 10.3. The second-order valence-electron chi connectivity index (χ2n) is 7.97. The van der Waals surface area contributed by atoms with E-state index in [1.807, 2.05) is 36.4 Å². The molecule has 0 saturated carbocycles. The van der Waals surface area contributed by atoms with E-state index in [-0.39, 0.29) is 37.2 Å². The average Bonchev–Trinajstić information content (AvgIpc) is 2.87. The number of carbonyl (C=O) groups excluding carboxylic acids is 2. The van der Waals surface area contributed by atoms with E-state index in [1.54, 1.807) is 46.5 Å². The molecule has 1 saturated heterocycles. The molecule has 0 radical (unpaired) electrons. The molecule has 9 nitrogen and oxygen atoms in total. The van der Waals surface area contributed by atoms with Crippen LogP contribution in [0.1, 0.15) is 15.9 Å². The topological polar surface area (TPSA) is 126 Å². The highest BCUT2D eigenvalue weighted by Crippen LogP contribution is 2.27. The van der Waals surface area contributed by atoms with Crippen molar-refractivity contribution in [1.29, 1.82) is 0 Å². The summed E-state index contributed by atoms with van der Waals surface area (Å²) in [5, 5.41) is 0. The van der Waals surface area contributed by atoms with Crippen LogP contribution in [-0.2, 0) is 16.4 Å². The summed E-state index contributed by atoms with van der Waals surface area (Å²) in [5.74, 6) is 4.69. The molecule has 0 bridgehead atoms. The number of urea groups is 1. The van der Waals surface area contributed by atoms with Gasteiger partial charge in [0.15, 0.2) is 9.84 Å². The number of sulfone groups is 1. The molecule has 3 N–H and O–H groups in total. The van der Waals surface area contributed by atoms with Crippen LogP contribution in [0.15, 0.2) is 73.1 Å². The summed E-state index contributed by atoms with van der Waals surface area (Å²) in [5.41, 5.74) is 5.79. The first-order chi connectivity index (χ1) is 16.4. The fourth-order valence-corrected chi connectivity index (χ4v) is 4.96. The van der Waals surface area contributed by atoms with E-state index in [1.165, 1.54) is 0 Å². The first-order valence-corrected chi connectivity index (χ1v) is 12.6. The molecular weight excluding hydrogens is 454 g/mol. The van der Waals surface area contributed by atoms with E-state index in [4.69, 9.17) is 5.84 Å². The van der Waals surface area contributed by atoms with Gasteiger partial charge < -0.3 is 4.90 Å². The first kappa shape index (κ1) is 23.4. The Morgan fingerprint density at radius 2 is 1.71 bits per heavy atom. The zero-order valence-corrected chi connectivity index (χ0v) is 19.2. The predicted octanol–water partition coefficient (Wildman–Crippen LogP) is 2.21. The number of carbonyl (C=O) groups is 2. The van der Waals surface area contributed by atoms with Crippen molar-refractivity contribution in [2.45, 2.75) is 6.54 Å². The number of nitrogens with zero attached hydrogens (tertiary/aromatic N) is 3. The third-order valence-corrected chi connectivity index (χ3v) is 7.30. The number of hydrogen-bond donors (Lipinski definition) is 2. The number of hydrogen-bond acceptors (Lipinski definition) is 6. The van der Waals surface area contributed by atoms with Crippen molar-refractivity contribution in [3.63, 3.8) is 0 Å². The summed E-state index contributed by atoms with van der Waals surface area (Å²) in [4.78, 5) is 32.6. The Balaban J connectivity index is 1.65. The Morgan fingerprint density at radius 1 is 1.00 bits per heavy atom. The summed E-state index contributed by atoms with van der Waals surface area (Å²) in [6.45, 7) is 0.536. The fraction of sp³-hybridized carbons (Fsp3) is 0.208. The van der Waals surface area contributed by atoms with Gasteiger partial charge >= 0.3 is 6.03 Å². The average molecular weight is 480 g/mol. The van der Waals surface area contributed by atoms with Crippen molar-refractivity contribution in [3.05, 3.63) is 84.2 Å². The number of amides is 3. The molecule has 176 valence electrons. The van der Waals surface area contributed by atoms with Crippen LogP contribution in [0.25, 0.3) is 11.1 Å². The van der Waals surface area contributed by atoms with Gasteiger partial charge in [-0.25, -0.2) is 19.1 Å². The fourth-order valence-electron chi connectivity index (χ4n) is 3.76. The van der Waals surface area contributed by atoms with Crippen molar-refractivity contribution in [1.82, 2.24) is 15.3 Å². The maximum atomic E-state index is 13.5. The van der Waals surface area contributed by atoms with Gasteiger partial charge in [0.2, 0.25) is 0 Å². The third-order valence-electron chi connectivity index (χ3n) is 5.69. The number of benzene rings is 2. The van der Waals surface area contributed by atoms with E-state index in [0.29, 0.717) is 11.3 Å². The molecule has 0 atom stereocenters. The van der Waals surface area contributed by atoms with Crippen molar-refractivity contribution in [3.8, 4) is 11.1 Å². The van der Waals surface area contributed by atoms with Crippen LogP contribution in [0.2, 0.25) is 0 Å². The van der Waals surface area contributed by atoms with Gasteiger partial charge in [0, 0.05) is 42.3 Å². The van der Waals surface area contributed by atoms with Gasteiger partial charge in [-0.3, -0.25) is 20.1 Å². The van der Waals surface area contributed by atoms with Crippen LogP contribution >= 0.6 is 0 Å².